The average molecular weight is 321 g/mol. The molecule has 0 aliphatic heterocycles. The Balaban J connectivity index is 1.95. The molecule has 2 nitrogen and oxygen atoms in total. The third kappa shape index (κ3) is 4.31. The number of benzene rings is 2. The summed E-state index contributed by atoms with van der Waals surface area (Å²) in [6.45, 7) is 3.64. The second-order valence-electron chi connectivity index (χ2n) is 4.98. The molecule has 0 spiro atoms. The maximum absolute atomic E-state index is 13.2. The summed E-state index contributed by atoms with van der Waals surface area (Å²) in [6, 6.07) is 13.2. The highest BCUT2D eigenvalue weighted by atomic mass is 32.2. The van der Waals surface area contributed by atoms with Gasteiger partial charge in [0, 0.05) is 4.90 Å². The molecule has 0 saturated carbocycles. The highest BCUT2D eigenvalue weighted by Crippen LogP contribution is 2.25. The van der Waals surface area contributed by atoms with Crippen molar-refractivity contribution in [1.82, 2.24) is 5.32 Å². The van der Waals surface area contributed by atoms with Crippen LogP contribution < -0.4 is 5.32 Å². The van der Waals surface area contributed by atoms with Crippen LogP contribution in [0.1, 0.15) is 25.5 Å². The highest BCUT2D eigenvalue weighted by Gasteiger charge is 2.17. The van der Waals surface area contributed by atoms with E-state index < -0.39 is 16.9 Å². The summed E-state index contributed by atoms with van der Waals surface area (Å²) in [5.41, 5.74) is 1.01. The molecule has 2 aromatic carbocycles. The first-order valence-corrected chi connectivity index (χ1v) is 7.82. The zero-order chi connectivity index (χ0) is 16.1. The van der Waals surface area contributed by atoms with E-state index in [4.69, 9.17) is 0 Å². The van der Waals surface area contributed by atoms with Crippen LogP contribution in [0.4, 0.5) is 8.78 Å². The van der Waals surface area contributed by atoms with Crippen molar-refractivity contribution in [2.75, 3.05) is 0 Å². The fourth-order valence-electron chi connectivity index (χ4n) is 1.96. The lowest BCUT2D eigenvalue weighted by molar-refractivity contribution is -0.120. The molecule has 0 aromatic heterocycles. The quantitative estimate of drug-likeness (QED) is 0.831. The molecule has 0 aliphatic rings. The third-order valence-corrected chi connectivity index (χ3v) is 4.33. The molecule has 5 heteroatoms. The molecule has 1 N–H and O–H groups in total. The molecule has 2 aromatic rings. The Bertz CT molecular complexity index is 648. The molecule has 2 unspecified atom stereocenters. The van der Waals surface area contributed by atoms with Crippen molar-refractivity contribution in [3.63, 3.8) is 0 Å². The summed E-state index contributed by atoms with van der Waals surface area (Å²) in [5.74, 6) is -1.94. The van der Waals surface area contributed by atoms with E-state index in [0.717, 1.165) is 17.7 Å². The summed E-state index contributed by atoms with van der Waals surface area (Å²) in [4.78, 5) is 12.7. The van der Waals surface area contributed by atoms with Crippen LogP contribution in [-0.2, 0) is 4.79 Å². The summed E-state index contributed by atoms with van der Waals surface area (Å²) >= 11 is 1.19. The topological polar surface area (TPSA) is 29.1 Å². The van der Waals surface area contributed by atoms with Crippen molar-refractivity contribution in [2.45, 2.75) is 30.0 Å². The van der Waals surface area contributed by atoms with Gasteiger partial charge in [0.2, 0.25) is 5.91 Å². The molecule has 0 bridgehead atoms. The van der Waals surface area contributed by atoms with Crippen LogP contribution in [-0.4, -0.2) is 11.2 Å². The van der Waals surface area contributed by atoms with Crippen molar-refractivity contribution < 1.29 is 13.6 Å². The monoisotopic (exact) mass is 321 g/mol. The van der Waals surface area contributed by atoms with E-state index in [1.807, 2.05) is 37.3 Å². The van der Waals surface area contributed by atoms with Gasteiger partial charge in [0.05, 0.1) is 11.3 Å². The molecule has 0 aliphatic carbocycles. The molecule has 22 heavy (non-hydrogen) atoms. The van der Waals surface area contributed by atoms with Gasteiger partial charge in [-0.3, -0.25) is 4.79 Å². The molecule has 0 heterocycles. The Morgan fingerprint density at radius 3 is 2.36 bits per heavy atom. The van der Waals surface area contributed by atoms with E-state index in [9.17, 15) is 13.6 Å². The molecule has 0 saturated heterocycles. The Labute approximate surface area is 132 Å². The number of thioether (sulfide) groups is 1. The van der Waals surface area contributed by atoms with E-state index in [-0.39, 0.29) is 11.9 Å². The minimum Gasteiger partial charge on any atom is -0.349 e. The zero-order valence-corrected chi connectivity index (χ0v) is 13.2. The van der Waals surface area contributed by atoms with Crippen LogP contribution in [0.15, 0.2) is 53.4 Å². The predicted molar refractivity (Wildman–Crippen MR) is 84.7 cm³/mol. The summed E-state index contributed by atoms with van der Waals surface area (Å²) < 4.78 is 26.1. The largest absolute Gasteiger partial charge is 0.349 e. The molecular weight excluding hydrogens is 304 g/mol. The van der Waals surface area contributed by atoms with Gasteiger partial charge in [0.25, 0.3) is 0 Å². The molecule has 116 valence electrons. The maximum Gasteiger partial charge on any atom is 0.233 e. The van der Waals surface area contributed by atoms with Crippen LogP contribution in [0, 0.1) is 11.6 Å². The maximum atomic E-state index is 13.2. The van der Waals surface area contributed by atoms with Crippen LogP contribution in [0.5, 0.6) is 0 Å². The van der Waals surface area contributed by atoms with Gasteiger partial charge in [-0.05, 0) is 37.6 Å². The Morgan fingerprint density at radius 1 is 1.05 bits per heavy atom. The lowest BCUT2D eigenvalue weighted by atomic mass is 10.1. The van der Waals surface area contributed by atoms with Crippen molar-refractivity contribution in [2.24, 2.45) is 0 Å². The third-order valence-electron chi connectivity index (χ3n) is 3.23. The van der Waals surface area contributed by atoms with Gasteiger partial charge < -0.3 is 5.32 Å². The van der Waals surface area contributed by atoms with Gasteiger partial charge in [-0.15, -0.1) is 11.8 Å². The molecule has 1 amide bonds. The van der Waals surface area contributed by atoms with Gasteiger partial charge in [0.15, 0.2) is 11.6 Å². The van der Waals surface area contributed by atoms with Crippen LogP contribution >= 0.6 is 11.8 Å². The smallest absolute Gasteiger partial charge is 0.233 e. The number of carbonyl (C=O) groups is 1. The molecular formula is C17H17F2NOS. The SMILES string of the molecule is CC(Sc1ccc(F)c(F)c1)C(=O)NC(C)c1ccccc1. The van der Waals surface area contributed by atoms with Crippen LogP contribution in [0.25, 0.3) is 0 Å². The van der Waals surface area contributed by atoms with Crippen LogP contribution in [0.3, 0.4) is 0 Å². The molecule has 2 rings (SSSR count). The fourth-order valence-corrected chi connectivity index (χ4v) is 2.87. The highest BCUT2D eigenvalue weighted by molar-refractivity contribution is 8.00. The second-order valence-corrected chi connectivity index (χ2v) is 6.39. The molecule has 2 atom stereocenters. The zero-order valence-electron chi connectivity index (χ0n) is 12.3. The number of carbonyl (C=O) groups excluding carboxylic acids is 1. The van der Waals surface area contributed by atoms with E-state index in [2.05, 4.69) is 5.32 Å². The summed E-state index contributed by atoms with van der Waals surface area (Å²) in [5, 5.41) is 2.51. The summed E-state index contributed by atoms with van der Waals surface area (Å²) in [6.07, 6.45) is 0. The Kier molecular flexibility index (Phi) is 5.55. The van der Waals surface area contributed by atoms with Crippen LogP contribution in [0.2, 0.25) is 0 Å². The Morgan fingerprint density at radius 2 is 1.73 bits per heavy atom. The van der Waals surface area contributed by atoms with Crippen molar-refractivity contribution >= 4 is 17.7 Å². The van der Waals surface area contributed by atoms with E-state index >= 15 is 0 Å². The van der Waals surface area contributed by atoms with Gasteiger partial charge in [0.1, 0.15) is 0 Å². The number of amides is 1. The van der Waals surface area contributed by atoms with Crippen molar-refractivity contribution in [3.8, 4) is 0 Å². The minimum absolute atomic E-state index is 0.110. The first-order chi connectivity index (χ1) is 10.5. The summed E-state index contributed by atoms with van der Waals surface area (Å²) in [7, 11) is 0. The number of halogens is 2. The minimum atomic E-state index is -0.907. The first kappa shape index (κ1) is 16.5. The number of rotatable bonds is 5. The number of hydrogen-bond donors (Lipinski definition) is 1. The van der Waals surface area contributed by atoms with E-state index in [1.165, 1.54) is 17.8 Å². The molecule has 0 radical (unpaired) electrons. The second kappa shape index (κ2) is 7.40. The lowest BCUT2D eigenvalue weighted by Gasteiger charge is -2.17. The lowest BCUT2D eigenvalue weighted by Crippen LogP contribution is -2.33. The predicted octanol–water partition coefficient (Wildman–Crippen LogP) is 4.32. The normalized spacial score (nSPS) is 13.5. The molecule has 0 fully saturated rings. The first-order valence-electron chi connectivity index (χ1n) is 6.94. The average Bonchev–Trinajstić information content (AvgIpc) is 2.51. The van der Waals surface area contributed by atoms with Gasteiger partial charge in [-0.1, -0.05) is 30.3 Å². The number of hydrogen-bond acceptors (Lipinski definition) is 2. The van der Waals surface area contributed by atoms with E-state index in [1.54, 1.807) is 6.92 Å². The fraction of sp³-hybridized carbons (Fsp3) is 0.235. The van der Waals surface area contributed by atoms with Gasteiger partial charge >= 0.3 is 0 Å². The van der Waals surface area contributed by atoms with Gasteiger partial charge in [-0.2, -0.15) is 0 Å². The number of nitrogens with one attached hydrogen (secondary N) is 1. The van der Waals surface area contributed by atoms with Crippen molar-refractivity contribution in [3.05, 3.63) is 65.7 Å². The van der Waals surface area contributed by atoms with E-state index in [0.29, 0.717) is 4.90 Å². The standard InChI is InChI=1S/C17H17F2NOS/c1-11(13-6-4-3-5-7-13)20-17(21)12(2)22-14-8-9-15(18)16(19)10-14/h3-12H,1-2H3,(H,20,21). The van der Waals surface area contributed by atoms with Gasteiger partial charge in [-0.25, -0.2) is 8.78 Å². The van der Waals surface area contributed by atoms with Crippen molar-refractivity contribution in [1.29, 1.82) is 0 Å². The Hall–Kier alpha value is -1.88.